The lowest BCUT2D eigenvalue weighted by molar-refractivity contribution is -0.146. The Kier molecular flexibility index (Phi) is 10.8. The van der Waals surface area contributed by atoms with Gasteiger partial charge in [0.15, 0.2) is 5.82 Å². The Morgan fingerprint density at radius 3 is 2.29 bits per heavy atom. The van der Waals surface area contributed by atoms with E-state index in [2.05, 4.69) is 84.0 Å². The number of carbonyl (C=O) groups excluding carboxylic acids is 1. The molecule has 2 aromatic carbocycles. The molecule has 2 aromatic heterocycles. The average molecular weight is 753 g/mol. The van der Waals surface area contributed by atoms with Gasteiger partial charge in [-0.25, -0.2) is 9.67 Å². The lowest BCUT2D eigenvalue weighted by Crippen LogP contribution is -2.42. The maximum absolute atomic E-state index is 13.6. The number of amides is 1. The fourth-order valence-corrected chi connectivity index (χ4v) is 8.02. The second kappa shape index (κ2) is 14.7. The molecule has 0 unspecified atom stereocenters. The number of carbonyl (C=O) groups is 1. The van der Waals surface area contributed by atoms with Crippen LogP contribution in [0.2, 0.25) is 51.4 Å². The molecule has 12 heteroatoms. The van der Waals surface area contributed by atoms with Crippen LogP contribution in [-0.2, 0) is 52.2 Å². The number of fused-ring (bicyclic) bond motifs is 2. The van der Waals surface area contributed by atoms with Crippen molar-refractivity contribution in [2.24, 2.45) is 5.92 Å². The van der Waals surface area contributed by atoms with Crippen LogP contribution in [0.3, 0.4) is 0 Å². The third-order valence-electron chi connectivity index (χ3n) is 9.27. The van der Waals surface area contributed by atoms with Crippen LogP contribution in [0.5, 0.6) is 0 Å². The van der Waals surface area contributed by atoms with Gasteiger partial charge in [0.05, 0.1) is 42.7 Å². The van der Waals surface area contributed by atoms with Crippen LogP contribution in [0.4, 0.5) is 0 Å². The van der Waals surface area contributed by atoms with E-state index in [0.717, 1.165) is 75.4 Å². The molecule has 0 bridgehead atoms. The number of benzene rings is 2. The average Bonchev–Trinajstić information content (AvgIpc) is 3.67. The number of rotatable bonds is 15. The summed E-state index contributed by atoms with van der Waals surface area (Å²) in [7, 11) is -2.46. The highest BCUT2D eigenvalue weighted by atomic mass is 79.9. The highest BCUT2D eigenvalue weighted by molar-refractivity contribution is 9.10. The lowest BCUT2D eigenvalue weighted by Gasteiger charge is -2.36. The topological polar surface area (TPSA) is 83.6 Å². The molecule has 0 N–H and O–H groups in total. The summed E-state index contributed by atoms with van der Waals surface area (Å²) in [6.45, 7) is 17.9. The molecule has 0 saturated heterocycles. The number of imidazole rings is 1. The van der Waals surface area contributed by atoms with Gasteiger partial charge in [-0.3, -0.25) is 4.79 Å². The Balaban J connectivity index is 1.19. The minimum Gasteiger partial charge on any atom is -0.373 e. The first kappa shape index (κ1) is 35.2. The van der Waals surface area contributed by atoms with Crippen molar-refractivity contribution < 1.29 is 19.0 Å². The summed E-state index contributed by atoms with van der Waals surface area (Å²) in [5, 5.41) is 6.10. The summed E-state index contributed by atoms with van der Waals surface area (Å²) >= 11 is 3.65. The second-order valence-corrected chi connectivity index (χ2v) is 27.9. The summed E-state index contributed by atoms with van der Waals surface area (Å²) < 4.78 is 23.6. The van der Waals surface area contributed by atoms with Crippen molar-refractivity contribution in [3.63, 3.8) is 0 Å². The third-order valence-corrected chi connectivity index (χ3v) is 13.2. The van der Waals surface area contributed by atoms with E-state index in [1.807, 2.05) is 33.8 Å². The Bertz CT molecular complexity index is 1720. The number of halogens is 1. The smallest absolute Gasteiger partial charge is 0.226 e. The Hall–Kier alpha value is -2.62. The van der Waals surface area contributed by atoms with E-state index in [1.54, 1.807) is 0 Å². The van der Waals surface area contributed by atoms with Crippen LogP contribution in [0.25, 0.3) is 22.4 Å². The van der Waals surface area contributed by atoms with Crippen molar-refractivity contribution >= 4 is 48.9 Å². The monoisotopic (exact) mass is 751 g/mol. The maximum Gasteiger partial charge on any atom is 0.226 e. The first-order valence-electron chi connectivity index (χ1n) is 17.2. The van der Waals surface area contributed by atoms with Gasteiger partial charge in [-0.1, -0.05) is 85.5 Å². The van der Waals surface area contributed by atoms with Crippen LogP contribution < -0.4 is 0 Å². The highest BCUT2D eigenvalue weighted by Crippen LogP contribution is 2.37. The van der Waals surface area contributed by atoms with Gasteiger partial charge in [0.1, 0.15) is 19.2 Å². The zero-order valence-corrected chi connectivity index (χ0v) is 32.9. The van der Waals surface area contributed by atoms with Gasteiger partial charge in [-0.15, -0.1) is 0 Å². The van der Waals surface area contributed by atoms with Gasteiger partial charge < -0.3 is 23.7 Å². The third kappa shape index (κ3) is 8.57. The van der Waals surface area contributed by atoms with E-state index >= 15 is 0 Å². The van der Waals surface area contributed by atoms with Crippen LogP contribution in [-0.4, -0.2) is 65.6 Å². The summed E-state index contributed by atoms with van der Waals surface area (Å²) in [5.74, 6) is 0.969. The zero-order chi connectivity index (χ0) is 34.1. The fourth-order valence-electron chi connectivity index (χ4n) is 6.16. The zero-order valence-electron chi connectivity index (χ0n) is 29.3. The van der Waals surface area contributed by atoms with Crippen molar-refractivity contribution in [1.82, 2.24) is 24.2 Å². The quantitative estimate of drug-likeness (QED) is 0.0902. The molecular weight excluding hydrogens is 703 g/mol. The molecule has 9 nitrogen and oxygen atoms in total. The first-order chi connectivity index (χ1) is 22.8. The molecule has 2 aliphatic rings. The number of ether oxygens (including phenoxy) is 3. The molecule has 0 atom stereocenters. The minimum atomic E-state index is -1.26. The number of hydrogen-bond acceptors (Lipinski definition) is 6. The molecule has 258 valence electrons. The molecule has 1 saturated carbocycles. The summed E-state index contributed by atoms with van der Waals surface area (Å²) in [4.78, 5) is 20.7. The lowest BCUT2D eigenvalue weighted by atomic mass is 9.81. The normalized spacial score (nSPS) is 18.0. The SMILES string of the molecule is C[Si](C)(C)CCOCn1c(-c2nn(COCC[Si](C)(C)C)c3cc(Br)ccc23)nc2c1CN(C(=O)C1CC(OCc3ccccc3)C1)C2. The largest absolute Gasteiger partial charge is 0.373 e. The number of nitrogens with zero attached hydrogens (tertiary/aromatic N) is 5. The highest BCUT2D eigenvalue weighted by Gasteiger charge is 2.40. The van der Waals surface area contributed by atoms with Gasteiger partial charge in [0, 0.05) is 45.1 Å². The number of hydrogen-bond donors (Lipinski definition) is 0. The van der Waals surface area contributed by atoms with Gasteiger partial charge in [0.25, 0.3) is 0 Å². The molecule has 48 heavy (non-hydrogen) atoms. The molecule has 3 heterocycles. The molecule has 1 aliphatic carbocycles. The van der Waals surface area contributed by atoms with E-state index in [9.17, 15) is 4.79 Å². The summed E-state index contributed by atoms with van der Waals surface area (Å²) in [6, 6.07) is 18.6. The standard InChI is InChI=1S/C36H50BrN5O4Si2/c1-47(2,3)16-14-44-24-41-33-22-40(36(43)27-18-29(19-27)46-23-26-10-8-7-9-11-26)21-31(33)38-35(41)34-30-13-12-28(37)20-32(30)42(39-34)25-45-15-17-48(4,5)6/h7-13,20,27,29H,14-19,21-25H2,1-6H3. The molecular formula is C36H50BrN5O4Si2. The van der Waals surface area contributed by atoms with Crippen molar-refractivity contribution in [3.8, 4) is 11.5 Å². The van der Waals surface area contributed by atoms with Crippen LogP contribution in [0.15, 0.2) is 53.0 Å². The van der Waals surface area contributed by atoms with Crippen molar-refractivity contribution in [3.05, 3.63) is 70.0 Å². The predicted octanol–water partition coefficient (Wildman–Crippen LogP) is 8.12. The van der Waals surface area contributed by atoms with Crippen molar-refractivity contribution in [2.75, 3.05) is 13.2 Å². The van der Waals surface area contributed by atoms with Crippen LogP contribution in [0, 0.1) is 5.92 Å². The van der Waals surface area contributed by atoms with Crippen molar-refractivity contribution in [1.29, 1.82) is 0 Å². The molecule has 0 spiro atoms. The van der Waals surface area contributed by atoms with E-state index in [-0.39, 0.29) is 17.9 Å². The molecule has 6 rings (SSSR count). The van der Waals surface area contributed by atoms with Crippen molar-refractivity contribution in [2.45, 2.75) is 103 Å². The van der Waals surface area contributed by atoms with Crippen LogP contribution >= 0.6 is 15.9 Å². The van der Waals surface area contributed by atoms with Crippen LogP contribution in [0.1, 0.15) is 29.8 Å². The van der Waals surface area contributed by atoms with Gasteiger partial charge in [-0.2, -0.15) is 5.10 Å². The van der Waals surface area contributed by atoms with Gasteiger partial charge in [0.2, 0.25) is 5.91 Å². The molecule has 0 radical (unpaired) electrons. The fraction of sp³-hybridized carbons (Fsp3) is 0.528. The van der Waals surface area contributed by atoms with Gasteiger partial charge in [-0.05, 0) is 48.7 Å². The maximum atomic E-state index is 13.6. The minimum absolute atomic E-state index is 0.00488. The van der Waals surface area contributed by atoms with Gasteiger partial charge >= 0.3 is 0 Å². The Morgan fingerprint density at radius 2 is 1.60 bits per heavy atom. The Morgan fingerprint density at radius 1 is 0.917 bits per heavy atom. The number of aromatic nitrogens is 4. The molecule has 1 aliphatic heterocycles. The van der Waals surface area contributed by atoms with E-state index in [1.165, 1.54) is 0 Å². The predicted molar refractivity (Wildman–Crippen MR) is 199 cm³/mol. The van der Waals surface area contributed by atoms with E-state index < -0.39 is 16.1 Å². The Labute approximate surface area is 295 Å². The second-order valence-electron chi connectivity index (χ2n) is 15.7. The summed E-state index contributed by atoms with van der Waals surface area (Å²) in [6.07, 6.45) is 1.67. The summed E-state index contributed by atoms with van der Waals surface area (Å²) in [5.41, 5.74) is 4.92. The molecule has 1 fully saturated rings. The molecule has 1 amide bonds. The first-order valence-corrected chi connectivity index (χ1v) is 25.4. The van der Waals surface area contributed by atoms with E-state index in [0.29, 0.717) is 39.8 Å². The van der Waals surface area contributed by atoms with E-state index in [4.69, 9.17) is 24.3 Å². The molecule has 4 aromatic rings.